The van der Waals surface area contributed by atoms with E-state index in [0.717, 1.165) is 56.3 Å². The molecule has 1 saturated heterocycles. The number of phenolic OH excluding ortho intramolecular Hbond substituents is 2. The fourth-order valence-electron chi connectivity index (χ4n) is 4.05. The van der Waals surface area contributed by atoms with E-state index in [4.69, 9.17) is 0 Å². The van der Waals surface area contributed by atoms with Crippen LogP contribution in [0.4, 0.5) is 0 Å². The molecule has 3 rings (SSSR count). The average Bonchev–Trinajstić information content (AvgIpc) is 2.69. The highest BCUT2D eigenvalue weighted by Gasteiger charge is 2.25. The van der Waals surface area contributed by atoms with Crippen molar-refractivity contribution in [1.82, 2.24) is 4.90 Å². The van der Waals surface area contributed by atoms with Gasteiger partial charge in [0.05, 0.1) is 6.10 Å². The van der Waals surface area contributed by atoms with Crippen LogP contribution in [0, 0.1) is 6.92 Å². The highest BCUT2D eigenvalue weighted by molar-refractivity contribution is 5.55. The molecule has 4 heteroatoms. The van der Waals surface area contributed by atoms with Crippen molar-refractivity contribution in [2.24, 2.45) is 0 Å². The Bertz CT molecular complexity index is 673. The maximum absolute atomic E-state index is 10.9. The van der Waals surface area contributed by atoms with Crippen molar-refractivity contribution in [2.45, 2.75) is 85.3 Å². The van der Waals surface area contributed by atoms with Gasteiger partial charge in [-0.15, -0.1) is 6.58 Å². The molecule has 4 nitrogen and oxygen atoms in total. The van der Waals surface area contributed by atoms with E-state index in [9.17, 15) is 15.3 Å². The first-order valence-electron chi connectivity index (χ1n) is 11.1. The molecule has 1 aromatic carbocycles. The molecule has 0 radical (unpaired) electrons. The molecule has 1 aromatic rings. The minimum Gasteiger partial charge on any atom is -0.507 e. The van der Waals surface area contributed by atoms with E-state index >= 15 is 0 Å². The molecule has 1 aliphatic heterocycles. The maximum Gasteiger partial charge on any atom is 0.127 e. The van der Waals surface area contributed by atoms with E-state index in [1.165, 1.54) is 5.57 Å². The number of piperidine rings is 1. The molecular formula is C25H41NO3. The van der Waals surface area contributed by atoms with E-state index < -0.39 is 0 Å². The minimum absolute atomic E-state index is 0.0984. The van der Waals surface area contributed by atoms with Crippen LogP contribution in [-0.4, -0.2) is 39.4 Å². The zero-order valence-corrected chi connectivity index (χ0v) is 19.0. The second-order valence-corrected chi connectivity index (χ2v) is 7.88. The van der Waals surface area contributed by atoms with Crippen LogP contribution in [0.1, 0.15) is 82.4 Å². The first kappa shape index (κ1) is 25.3. The number of allylic oxidation sites excluding steroid dienone is 3. The molecule has 1 aliphatic carbocycles. The van der Waals surface area contributed by atoms with E-state index in [-0.39, 0.29) is 23.5 Å². The number of hydrogen-bond acceptors (Lipinski definition) is 4. The molecule has 0 saturated carbocycles. The van der Waals surface area contributed by atoms with Crippen LogP contribution in [0.2, 0.25) is 0 Å². The van der Waals surface area contributed by atoms with E-state index in [1.54, 1.807) is 12.1 Å². The summed E-state index contributed by atoms with van der Waals surface area (Å²) in [6.07, 6.45) is 8.49. The van der Waals surface area contributed by atoms with Gasteiger partial charge in [-0.25, -0.2) is 0 Å². The molecule has 0 aromatic heterocycles. The number of aromatic hydroxyl groups is 2. The Morgan fingerprint density at radius 2 is 1.72 bits per heavy atom. The molecule has 29 heavy (non-hydrogen) atoms. The number of aliphatic hydroxyl groups excluding tert-OH is 1. The molecule has 2 aliphatic rings. The van der Waals surface area contributed by atoms with Crippen LogP contribution >= 0.6 is 0 Å². The van der Waals surface area contributed by atoms with Crippen LogP contribution in [-0.2, 0) is 6.54 Å². The largest absolute Gasteiger partial charge is 0.507 e. The predicted octanol–water partition coefficient (Wildman–Crippen LogP) is 5.80. The number of aryl methyl sites for hydroxylation is 1. The second kappa shape index (κ2) is 12.7. The van der Waals surface area contributed by atoms with E-state index in [2.05, 4.69) is 24.5 Å². The lowest BCUT2D eigenvalue weighted by Crippen LogP contribution is -2.35. The van der Waals surface area contributed by atoms with Crippen LogP contribution in [0.5, 0.6) is 11.5 Å². The number of hydrogen-bond donors (Lipinski definition) is 3. The summed E-state index contributed by atoms with van der Waals surface area (Å²) in [5, 5.41) is 31.0. The van der Waals surface area contributed by atoms with E-state index in [0.29, 0.717) is 12.1 Å². The van der Waals surface area contributed by atoms with Gasteiger partial charge in [0.25, 0.3) is 0 Å². The maximum atomic E-state index is 10.9. The van der Waals surface area contributed by atoms with Gasteiger partial charge in [0, 0.05) is 36.7 Å². The summed E-state index contributed by atoms with van der Waals surface area (Å²) in [6, 6.07) is 1.79. The van der Waals surface area contributed by atoms with Gasteiger partial charge in [-0.05, 0) is 64.5 Å². The monoisotopic (exact) mass is 403 g/mol. The van der Waals surface area contributed by atoms with Crippen LogP contribution < -0.4 is 0 Å². The molecule has 1 heterocycles. The van der Waals surface area contributed by atoms with Crippen molar-refractivity contribution in [3.8, 4) is 11.5 Å². The first-order valence-corrected chi connectivity index (χ1v) is 11.1. The molecular weight excluding hydrogens is 362 g/mol. The summed E-state index contributed by atoms with van der Waals surface area (Å²) in [6.45, 7) is 15.7. The quantitative estimate of drug-likeness (QED) is 0.559. The van der Waals surface area contributed by atoms with Crippen LogP contribution in [0.3, 0.4) is 0 Å². The molecule has 0 spiro atoms. The Hall–Kier alpha value is -1.78. The molecule has 1 atom stereocenters. The molecule has 1 unspecified atom stereocenters. The van der Waals surface area contributed by atoms with Gasteiger partial charge in [-0.3, -0.25) is 4.90 Å². The number of phenols is 2. The zero-order valence-electron chi connectivity index (χ0n) is 19.0. The Kier molecular flexibility index (Phi) is 11.1. The third-order valence-electron chi connectivity index (χ3n) is 5.53. The van der Waals surface area contributed by atoms with Crippen molar-refractivity contribution in [1.29, 1.82) is 0 Å². The Morgan fingerprint density at radius 3 is 2.28 bits per heavy atom. The van der Waals surface area contributed by atoms with Gasteiger partial charge in [0.1, 0.15) is 11.5 Å². The number of nitrogens with zero attached hydrogens (tertiary/aromatic N) is 1. The fraction of sp³-hybridized carbons (Fsp3) is 0.600. The smallest absolute Gasteiger partial charge is 0.127 e. The SMILES string of the molecule is C=CC.CC.CC1=CC(c2c(O)cc(C)c(CN3CCC(O)CC3)c2O)CCC1. The van der Waals surface area contributed by atoms with Crippen LogP contribution in [0.25, 0.3) is 0 Å². The third kappa shape index (κ3) is 7.20. The van der Waals surface area contributed by atoms with Crippen molar-refractivity contribution in [2.75, 3.05) is 13.1 Å². The second-order valence-electron chi connectivity index (χ2n) is 7.88. The number of benzene rings is 1. The minimum atomic E-state index is -0.193. The molecule has 3 N–H and O–H groups in total. The summed E-state index contributed by atoms with van der Waals surface area (Å²) < 4.78 is 0. The zero-order chi connectivity index (χ0) is 22.0. The fourth-order valence-corrected chi connectivity index (χ4v) is 4.05. The van der Waals surface area contributed by atoms with Crippen LogP contribution in [0.15, 0.2) is 30.4 Å². The number of aliphatic hydroxyl groups is 1. The van der Waals surface area contributed by atoms with Gasteiger partial charge >= 0.3 is 0 Å². The van der Waals surface area contributed by atoms with Crippen molar-refractivity contribution >= 4 is 0 Å². The standard InChI is InChI=1S/C20H29NO3.C3H6.C2H6/c1-13-4-3-5-15(10-13)19-18(23)11-14(2)17(20(19)24)12-21-8-6-16(22)7-9-21;1-3-2;1-2/h10-11,15-16,22-24H,3-9,12H2,1-2H3;3H,1H2,2H3;1-2H3. The number of likely N-dealkylation sites (tertiary alicyclic amines) is 1. The van der Waals surface area contributed by atoms with Crippen molar-refractivity contribution in [3.05, 3.63) is 47.1 Å². The van der Waals surface area contributed by atoms with E-state index in [1.807, 2.05) is 27.7 Å². The lowest BCUT2D eigenvalue weighted by atomic mass is 9.83. The normalized spacial score (nSPS) is 19.9. The highest BCUT2D eigenvalue weighted by Crippen LogP contribution is 2.43. The summed E-state index contributed by atoms with van der Waals surface area (Å²) in [4.78, 5) is 2.28. The van der Waals surface area contributed by atoms with Gasteiger partial charge < -0.3 is 15.3 Å². The Morgan fingerprint density at radius 1 is 1.14 bits per heavy atom. The van der Waals surface area contributed by atoms with Crippen molar-refractivity contribution < 1.29 is 15.3 Å². The Labute approximate surface area is 177 Å². The summed E-state index contributed by atoms with van der Waals surface area (Å²) in [5.41, 5.74) is 3.86. The lowest BCUT2D eigenvalue weighted by Gasteiger charge is -2.31. The van der Waals surface area contributed by atoms with Crippen molar-refractivity contribution in [3.63, 3.8) is 0 Å². The average molecular weight is 404 g/mol. The van der Waals surface area contributed by atoms with Gasteiger partial charge in [0.2, 0.25) is 0 Å². The summed E-state index contributed by atoms with van der Waals surface area (Å²) >= 11 is 0. The van der Waals surface area contributed by atoms with Gasteiger partial charge in [0.15, 0.2) is 0 Å². The first-order chi connectivity index (χ1) is 13.9. The van der Waals surface area contributed by atoms with Gasteiger partial charge in [-0.2, -0.15) is 0 Å². The predicted molar refractivity (Wildman–Crippen MR) is 123 cm³/mol. The summed E-state index contributed by atoms with van der Waals surface area (Å²) in [5.74, 6) is 0.564. The number of rotatable bonds is 3. The highest BCUT2D eigenvalue weighted by atomic mass is 16.3. The third-order valence-corrected chi connectivity index (χ3v) is 5.53. The topological polar surface area (TPSA) is 63.9 Å². The Balaban J connectivity index is 0.000000771. The van der Waals surface area contributed by atoms with Gasteiger partial charge in [-0.1, -0.05) is 31.6 Å². The summed E-state index contributed by atoms with van der Waals surface area (Å²) in [7, 11) is 0. The molecule has 1 fully saturated rings. The molecule has 164 valence electrons. The lowest BCUT2D eigenvalue weighted by molar-refractivity contribution is 0.0788. The molecule has 0 bridgehead atoms. The molecule has 0 amide bonds.